The first-order valence-electron chi connectivity index (χ1n) is 21.0. The molecule has 2 aliphatic rings. The first-order valence-corrected chi connectivity index (χ1v) is 22.4. The Morgan fingerprint density at radius 2 is 1.79 bits per heavy atom. The van der Waals surface area contributed by atoms with E-state index in [0.29, 0.717) is 37.4 Å². The number of cyclic esters (lactones) is 1. The van der Waals surface area contributed by atoms with E-state index < -0.39 is 70.4 Å². The van der Waals surface area contributed by atoms with Crippen LogP contribution in [0.25, 0.3) is 0 Å². The Kier molecular flexibility index (Phi) is 19.0. The average Bonchev–Trinajstić information content (AvgIpc) is 3.93. The molecule has 2 saturated heterocycles. The molecule has 16 nitrogen and oxygen atoms in total. The van der Waals surface area contributed by atoms with Crippen LogP contribution >= 0.6 is 23.4 Å². The fourth-order valence-electron chi connectivity index (χ4n) is 7.21. The number of carbonyl (C=O) groups excluding carboxylic acids is 5. The van der Waals surface area contributed by atoms with Crippen molar-refractivity contribution in [1.29, 1.82) is 0 Å². The normalized spacial score (nSPS) is 23.2. The van der Waals surface area contributed by atoms with Crippen molar-refractivity contribution in [1.82, 2.24) is 20.4 Å². The largest absolute Gasteiger partial charge is 0.495 e. The first-order chi connectivity index (χ1) is 28.9. The minimum atomic E-state index is -1.72. The molecule has 0 bridgehead atoms. The number of nitrogens with zero attached hydrogens (tertiary/aromatic N) is 3. The van der Waals surface area contributed by atoms with E-state index in [1.807, 2.05) is 53.0 Å². The number of amides is 4. The van der Waals surface area contributed by atoms with E-state index >= 15 is 0 Å². The van der Waals surface area contributed by atoms with Gasteiger partial charge in [-0.05, 0) is 72.2 Å². The number of rotatable bonds is 23. The lowest BCUT2D eigenvalue weighted by atomic mass is 9.84. The summed E-state index contributed by atoms with van der Waals surface area (Å²) in [6.07, 6.45) is -1.48. The smallest absolute Gasteiger partial charge is 0.409 e. The molecule has 4 amide bonds. The number of methoxy groups -OCH3 is 2. The number of benzene rings is 1. The highest BCUT2D eigenvalue weighted by Crippen LogP contribution is 2.49. The Hall–Kier alpha value is -3.61. The molecule has 0 radical (unpaired) electrons. The van der Waals surface area contributed by atoms with Gasteiger partial charge in [0.2, 0.25) is 17.7 Å². The number of thioether (sulfide) groups is 1. The molecule has 3 N–H and O–H groups in total. The molecule has 0 aliphatic carbocycles. The monoisotopic (exact) mass is 911 g/mol. The molecule has 2 fully saturated rings. The number of carbonyl (C=O) groups is 5. The first kappa shape index (κ1) is 52.7. The third-order valence-electron chi connectivity index (χ3n) is 12.3. The van der Waals surface area contributed by atoms with Gasteiger partial charge >= 0.3 is 12.1 Å². The van der Waals surface area contributed by atoms with Crippen LogP contribution < -0.4 is 20.3 Å². The quantitative estimate of drug-likeness (QED) is 0.0761. The van der Waals surface area contributed by atoms with E-state index in [1.54, 1.807) is 46.7 Å². The second-order valence-corrected chi connectivity index (χ2v) is 19.4. The number of alkyl carbamates (subject to hydrolysis) is 1. The molecule has 62 heavy (non-hydrogen) atoms. The van der Waals surface area contributed by atoms with Crippen molar-refractivity contribution >= 4 is 58.8 Å². The van der Waals surface area contributed by atoms with Crippen molar-refractivity contribution in [2.45, 2.75) is 134 Å². The third kappa shape index (κ3) is 13.5. The number of allylic oxidation sites excluding steroid dienone is 2. The van der Waals surface area contributed by atoms with Crippen LogP contribution in [-0.2, 0) is 44.5 Å². The van der Waals surface area contributed by atoms with Crippen LogP contribution in [0.4, 0.5) is 10.5 Å². The molecule has 2 aliphatic heterocycles. The minimum Gasteiger partial charge on any atom is -0.495 e. The lowest BCUT2D eigenvalue weighted by Crippen LogP contribution is -2.63. The van der Waals surface area contributed by atoms with Crippen molar-refractivity contribution < 1.29 is 52.8 Å². The van der Waals surface area contributed by atoms with Crippen LogP contribution in [0, 0.1) is 5.92 Å². The van der Waals surface area contributed by atoms with Crippen molar-refractivity contribution in [3.8, 4) is 5.75 Å². The van der Waals surface area contributed by atoms with Gasteiger partial charge in [-0.1, -0.05) is 44.0 Å². The molecular weight excluding hydrogens is 842 g/mol. The minimum absolute atomic E-state index is 0.00266. The molecule has 3 rings (SSSR count). The van der Waals surface area contributed by atoms with Gasteiger partial charge in [0.15, 0.2) is 5.72 Å². The number of esters is 1. The van der Waals surface area contributed by atoms with Crippen molar-refractivity contribution in [2.24, 2.45) is 5.92 Å². The van der Waals surface area contributed by atoms with Gasteiger partial charge < -0.3 is 48.8 Å². The number of halogens is 1. The SMILES string of the molecule is C/C=C(\C)Cc1cc(OC)c(Cl)c(N(C)C(=O)C[C@H](OC(=O)[C@H](C)N(C)C(=O)CCC(C)(C)SCC(=O)N(C)CCNC)C2(C)O[C@H]2[C@H](C)[C@@H]2C[C@](O)([C@@H](C)OC)NC(=O)O2)c1. The summed E-state index contributed by atoms with van der Waals surface area (Å²) in [5.41, 5.74) is -0.604. The average molecular weight is 913 g/mol. The molecule has 350 valence electrons. The molecule has 0 spiro atoms. The van der Waals surface area contributed by atoms with Crippen LogP contribution in [0.3, 0.4) is 0 Å². The number of aliphatic hydroxyl groups is 1. The van der Waals surface area contributed by atoms with Gasteiger partial charge in [-0.25, -0.2) is 9.59 Å². The van der Waals surface area contributed by atoms with Gasteiger partial charge in [-0.15, -0.1) is 11.8 Å². The van der Waals surface area contributed by atoms with Gasteiger partial charge in [0.05, 0.1) is 31.1 Å². The highest BCUT2D eigenvalue weighted by atomic mass is 35.5. The Morgan fingerprint density at radius 1 is 1.13 bits per heavy atom. The highest BCUT2D eigenvalue weighted by molar-refractivity contribution is 8.01. The third-order valence-corrected chi connectivity index (χ3v) is 14.1. The summed E-state index contributed by atoms with van der Waals surface area (Å²) in [6, 6.07) is 2.59. The highest BCUT2D eigenvalue weighted by Gasteiger charge is 2.64. The Balaban J connectivity index is 1.85. The van der Waals surface area contributed by atoms with E-state index in [9.17, 15) is 29.1 Å². The number of nitrogens with one attached hydrogen (secondary N) is 2. The number of epoxide rings is 1. The molecule has 1 unspecified atom stereocenters. The maximum atomic E-state index is 14.3. The zero-order valence-corrected chi connectivity index (χ0v) is 40.6. The van der Waals surface area contributed by atoms with Crippen molar-refractivity contribution in [3.05, 3.63) is 34.4 Å². The van der Waals surface area contributed by atoms with E-state index in [1.165, 1.54) is 42.8 Å². The standard InChI is InChI=1S/C44H70ClN5O11S/c1-15-26(2)20-30-21-31(38(45)32(22-30)58-14)50(12)36(52)23-34(43(8)39(61-43)27(3)33-24-44(56,29(5)57-13)47-41(55)59-33)60-40(54)28(4)49(11)35(51)16-17-42(6,7)62-25-37(53)48(10)19-18-46-9/h15,21-22,27-29,33-34,39,46,56H,16-20,23-25H2,1-14H3,(H,47,55)/b26-15+/t27-,28+,29-,33+,34+,39+,43?,44+/m1/s1. The maximum Gasteiger partial charge on any atom is 0.409 e. The Labute approximate surface area is 377 Å². The predicted molar refractivity (Wildman–Crippen MR) is 240 cm³/mol. The summed E-state index contributed by atoms with van der Waals surface area (Å²) in [5.74, 6) is -1.38. The number of hydrogen-bond donors (Lipinski definition) is 3. The van der Waals surface area contributed by atoms with Gasteiger partial charge in [-0.3, -0.25) is 19.7 Å². The van der Waals surface area contributed by atoms with Crippen LogP contribution in [0.15, 0.2) is 23.8 Å². The van der Waals surface area contributed by atoms with Crippen molar-refractivity contribution in [2.75, 3.05) is 66.2 Å². The van der Waals surface area contributed by atoms with Crippen molar-refractivity contribution in [3.63, 3.8) is 0 Å². The number of anilines is 1. The second kappa shape index (κ2) is 22.3. The fraction of sp³-hybridized carbons (Fsp3) is 0.705. The summed E-state index contributed by atoms with van der Waals surface area (Å²) in [5, 5.41) is 17.0. The summed E-state index contributed by atoms with van der Waals surface area (Å²) >= 11 is 8.25. The van der Waals surface area contributed by atoms with E-state index in [0.717, 1.165) is 11.1 Å². The Morgan fingerprint density at radius 3 is 2.39 bits per heavy atom. The molecule has 1 aromatic carbocycles. The molecular formula is C44H70ClN5O11S. The lowest BCUT2D eigenvalue weighted by molar-refractivity contribution is -0.162. The topological polar surface area (TPSA) is 189 Å². The van der Waals surface area contributed by atoms with E-state index in [-0.39, 0.29) is 41.9 Å². The predicted octanol–water partition coefficient (Wildman–Crippen LogP) is 4.95. The summed E-state index contributed by atoms with van der Waals surface area (Å²) in [4.78, 5) is 71.5. The van der Waals surface area contributed by atoms with Gasteiger partial charge in [0, 0.05) is 64.8 Å². The Bertz CT molecular complexity index is 1800. The van der Waals surface area contributed by atoms with Gasteiger partial charge in [-0.2, -0.15) is 0 Å². The van der Waals surface area contributed by atoms with Crippen LogP contribution in [0.1, 0.15) is 86.6 Å². The lowest BCUT2D eigenvalue weighted by Gasteiger charge is -2.41. The maximum absolute atomic E-state index is 14.3. The summed E-state index contributed by atoms with van der Waals surface area (Å²) in [6.45, 7) is 15.8. The molecule has 8 atom stereocenters. The van der Waals surface area contributed by atoms with Crippen LogP contribution in [-0.4, -0.2) is 152 Å². The van der Waals surface area contributed by atoms with E-state index in [2.05, 4.69) is 10.6 Å². The molecule has 18 heteroatoms. The van der Waals surface area contributed by atoms with Gasteiger partial charge in [0.25, 0.3) is 0 Å². The second-order valence-electron chi connectivity index (χ2n) is 17.3. The molecule has 0 saturated carbocycles. The molecule has 0 aromatic heterocycles. The number of ether oxygens (including phenoxy) is 5. The summed E-state index contributed by atoms with van der Waals surface area (Å²) < 4.78 is 28.6. The molecule has 2 heterocycles. The fourth-order valence-corrected chi connectivity index (χ4v) is 8.51. The van der Waals surface area contributed by atoms with E-state index in [4.69, 9.17) is 35.3 Å². The van der Waals surface area contributed by atoms with Crippen LogP contribution in [0.2, 0.25) is 5.02 Å². The summed E-state index contributed by atoms with van der Waals surface area (Å²) in [7, 11) is 9.60. The zero-order valence-electron chi connectivity index (χ0n) is 39.0. The number of likely N-dealkylation sites (N-methyl/N-ethyl adjacent to an activating group) is 3. The number of hydrogen-bond acceptors (Lipinski definition) is 13. The van der Waals surface area contributed by atoms with Gasteiger partial charge in [0.1, 0.15) is 40.7 Å². The molecule has 1 aromatic rings. The zero-order chi connectivity index (χ0) is 46.9. The van der Waals surface area contributed by atoms with Crippen LogP contribution in [0.5, 0.6) is 5.75 Å².